The zero-order valence-corrected chi connectivity index (χ0v) is 13.0. The molecule has 0 spiro atoms. The number of nitrogens with one attached hydrogen (secondary N) is 1. The van der Waals surface area contributed by atoms with Crippen LogP contribution in [0.5, 0.6) is 5.75 Å². The lowest BCUT2D eigenvalue weighted by Gasteiger charge is -2.30. The summed E-state index contributed by atoms with van der Waals surface area (Å²) in [5.41, 5.74) is 6.33. The third-order valence-corrected chi connectivity index (χ3v) is 4.08. The Labute approximate surface area is 130 Å². The van der Waals surface area contributed by atoms with E-state index < -0.39 is 5.54 Å². The van der Waals surface area contributed by atoms with Crippen LogP contribution in [0.1, 0.15) is 36.2 Å². The van der Waals surface area contributed by atoms with Crippen LogP contribution in [0.2, 0.25) is 0 Å². The van der Waals surface area contributed by atoms with Gasteiger partial charge in [-0.25, -0.2) is 0 Å². The van der Waals surface area contributed by atoms with Crippen LogP contribution in [0.3, 0.4) is 0 Å². The van der Waals surface area contributed by atoms with Crippen molar-refractivity contribution in [3.05, 3.63) is 29.3 Å². The number of fused-ring (bicyclic) bond motifs is 1. The molecule has 0 aromatic heterocycles. The summed E-state index contributed by atoms with van der Waals surface area (Å²) < 4.78 is 0. The highest BCUT2D eigenvalue weighted by atomic mass is 16.3. The minimum absolute atomic E-state index is 0.126. The first-order valence-electron chi connectivity index (χ1n) is 7.48. The van der Waals surface area contributed by atoms with Crippen LogP contribution in [0.25, 0.3) is 0 Å². The molecule has 0 saturated heterocycles. The second kappa shape index (κ2) is 6.46. The Morgan fingerprint density at radius 3 is 2.91 bits per heavy atom. The molecular formula is C16H23N3O3. The predicted molar refractivity (Wildman–Crippen MR) is 83.6 cm³/mol. The van der Waals surface area contributed by atoms with Gasteiger partial charge >= 0.3 is 0 Å². The lowest BCUT2D eigenvalue weighted by Crippen LogP contribution is -2.58. The van der Waals surface area contributed by atoms with Gasteiger partial charge in [-0.15, -0.1) is 0 Å². The number of hydrogen-bond acceptors (Lipinski definition) is 5. The van der Waals surface area contributed by atoms with Gasteiger partial charge < -0.3 is 25.9 Å². The molecule has 1 aliphatic heterocycles. The number of rotatable bonds is 7. The SMILES string of the molecule is CCC(C)NCC(N)(C=O)CN1Cc2cc(O)ccc2C1=O. The summed E-state index contributed by atoms with van der Waals surface area (Å²) in [6.07, 6.45) is 1.64. The second-order valence-corrected chi connectivity index (χ2v) is 6.04. The maximum atomic E-state index is 12.3. The number of nitrogens with zero attached hydrogens (tertiary/aromatic N) is 1. The number of carbonyl (C=O) groups excluding carboxylic acids is 2. The molecule has 0 bridgehead atoms. The second-order valence-electron chi connectivity index (χ2n) is 6.04. The van der Waals surface area contributed by atoms with E-state index in [4.69, 9.17) is 5.73 Å². The molecule has 1 aromatic carbocycles. The number of aromatic hydroxyl groups is 1. The molecule has 0 radical (unpaired) electrons. The van der Waals surface area contributed by atoms with Crippen LogP contribution in [0.15, 0.2) is 18.2 Å². The van der Waals surface area contributed by atoms with E-state index in [1.165, 1.54) is 6.07 Å². The van der Waals surface area contributed by atoms with Crippen molar-refractivity contribution in [2.24, 2.45) is 5.73 Å². The quantitative estimate of drug-likeness (QED) is 0.642. The number of phenols is 1. The predicted octanol–water partition coefficient (Wildman–Crippen LogP) is 0.633. The highest BCUT2D eigenvalue weighted by molar-refractivity contribution is 5.98. The van der Waals surface area contributed by atoms with Gasteiger partial charge in [-0.1, -0.05) is 6.92 Å². The molecule has 6 nitrogen and oxygen atoms in total. The first-order valence-corrected chi connectivity index (χ1v) is 7.48. The summed E-state index contributed by atoms with van der Waals surface area (Å²) in [6, 6.07) is 4.92. The van der Waals surface area contributed by atoms with E-state index in [2.05, 4.69) is 5.32 Å². The maximum absolute atomic E-state index is 12.3. The molecule has 0 fully saturated rings. The van der Waals surface area contributed by atoms with Crippen LogP contribution in [0.4, 0.5) is 0 Å². The average Bonchev–Trinajstić information content (AvgIpc) is 2.80. The highest BCUT2D eigenvalue weighted by Gasteiger charge is 2.34. The van der Waals surface area contributed by atoms with Gasteiger partial charge in [0.05, 0.1) is 0 Å². The maximum Gasteiger partial charge on any atom is 0.254 e. The van der Waals surface area contributed by atoms with E-state index in [0.29, 0.717) is 24.9 Å². The molecular weight excluding hydrogens is 282 g/mol. The molecule has 1 aliphatic rings. The lowest BCUT2D eigenvalue weighted by atomic mass is 10.0. The normalized spacial score (nSPS) is 18.0. The summed E-state index contributed by atoms with van der Waals surface area (Å²) in [4.78, 5) is 25.3. The van der Waals surface area contributed by atoms with Gasteiger partial charge in [-0.2, -0.15) is 0 Å². The van der Waals surface area contributed by atoms with Crippen molar-refractivity contribution >= 4 is 12.2 Å². The van der Waals surface area contributed by atoms with Gasteiger partial charge in [0.15, 0.2) is 0 Å². The Balaban J connectivity index is 2.06. The van der Waals surface area contributed by atoms with E-state index in [1.807, 2.05) is 13.8 Å². The van der Waals surface area contributed by atoms with Crippen molar-refractivity contribution in [3.63, 3.8) is 0 Å². The van der Waals surface area contributed by atoms with Crippen molar-refractivity contribution in [2.75, 3.05) is 13.1 Å². The number of benzene rings is 1. The molecule has 4 N–H and O–H groups in total. The molecule has 0 saturated carbocycles. The molecule has 0 aliphatic carbocycles. The third-order valence-electron chi connectivity index (χ3n) is 4.08. The van der Waals surface area contributed by atoms with Gasteiger partial charge in [0.25, 0.3) is 5.91 Å². The van der Waals surface area contributed by atoms with Crippen molar-refractivity contribution in [1.82, 2.24) is 10.2 Å². The van der Waals surface area contributed by atoms with Gasteiger partial charge in [-0.05, 0) is 37.1 Å². The first-order chi connectivity index (χ1) is 10.4. The summed E-state index contributed by atoms with van der Waals surface area (Å²) in [6.45, 7) is 4.89. The van der Waals surface area contributed by atoms with Crippen LogP contribution in [0, 0.1) is 0 Å². The fourth-order valence-corrected chi connectivity index (χ4v) is 2.49. The minimum atomic E-state index is -1.12. The highest BCUT2D eigenvalue weighted by Crippen LogP contribution is 2.26. The standard InChI is InChI=1S/C16H23N3O3/c1-3-11(2)18-8-16(17,10-20)9-19-7-12-6-13(21)4-5-14(12)15(19)22/h4-6,10-11,18,21H,3,7-9,17H2,1-2H3. The number of phenolic OH excluding ortho intramolecular Hbond substituents is 1. The van der Waals surface area contributed by atoms with Crippen molar-refractivity contribution in [1.29, 1.82) is 0 Å². The summed E-state index contributed by atoms with van der Waals surface area (Å²) in [7, 11) is 0. The Morgan fingerprint density at radius 2 is 2.27 bits per heavy atom. The minimum Gasteiger partial charge on any atom is -0.508 e. The number of hydrogen-bond donors (Lipinski definition) is 3. The van der Waals surface area contributed by atoms with E-state index in [0.717, 1.165) is 12.0 Å². The first kappa shape index (κ1) is 16.5. The molecule has 2 rings (SSSR count). The molecule has 2 unspecified atom stereocenters. The summed E-state index contributed by atoms with van der Waals surface area (Å²) in [5, 5.41) is 12.7. The fourth-order valence-electron chi connectivity index (χ4n) is 2.49. The van der Waals surface area contributed by atoms with Gasteiger partial charge in [0, 0.05) is 31.2 Å². The van der Waals surface area contributed by atoms with Crippen molar-refractivity contribution in [2.45, 2.75) is 38.4 Å². The molecule has 22 heavy (non-hydrogen) atoms. The molecule has 1 aromatic rings. The topological polar surface area (TPSA) is 95.7 Å². The van der Waals surface area contributed by atoms with E-state index in [1.54, 1.807) is 17.0 Å². The summed E-state index contributed by atoms with van der Waals surface area (Å²) >= 11 is 0. The number of nitrogens with two attached hydrogens (primary N) is 1. The monoisotopic (exact) mass is 305 g/mol. The van der Waals surface area contributed by atoms with Crippen molar-refractivity contribution in [3.8, 4) is 5.75 Å². The Hall–Kier alpha value is -1.92. The van der Waals surface area contributed by atoms with E-state index in [-0.39, 0.29) is 24.2 Å². The van der Waals surface area contributed by atoms with E-state index >= 15 is 0 Å². The fraction of sp³-hybridized carbons (Fsp3) is 0.500. The van der Waals surface area contributed by atoms with Crippen LogP contribution in [-0.2, 0) is 11.3 Å². The van der Waals surface area contributed by atoms with Crippen LogP contribution in [-0.4, -0.2) is 46.9 Å². The molecule has 2 atom stereocenters. The third kappa shape index (κ3) is 3.45. The van der Waals surface area contributed by atoms with Crippen LogP contribution >= 0.6 is 0 Å². The Kier molecular flexibility index (Phi) is 4.83. The molecule has 1 amide bonds. The Morgan fingerprint density at radius 1 is 1.55 bits per heavy atom. The average molecular weight is 305 g/mol. The van der Waals surface area contributed by atoms with E-state index in [9.17, 15) is 14.7 Å². The largest absolute Gasteiger partial charge is 0.508 e. The van der Waals surface area contributed by atoms with Gasteiger partial charge in [0.2, 0.25) is 0 Å². The molecule has 1 heterocycles. The van der Waals surface area contributed by atoms with Gasteiger partial charge in [0.1, 0.15) is 17.6 Å². The molecule has 6 heteroatoms. The van der Waals surface area contributed by atoms with Gasteiger partial charge in [-0.3, -0.25) is 4.79 Å². The smallest absolute Gasteiger partial charge is 0.254 e. The zero-order valence-electron chi connectivity index (χ0n) is 13.0. The number of carbonyl (C=O) groups is 2. The Bertz CT molecular complexity index is 576. The molecule has 120 valence electrons. The zero-order chi connectivity index (χ0) is 16.3. The number of aldehydes is 1. The van der Waals surface area contributed by atoms with Crippen LogP contribution < -0.4 is 11.1 Å². The summed E-state index contributed by atoms with van der Waals surface area (Å²) in [5.74, 6) is -0.0311. The number of amides is 1. The van der Waals surface area contributed by atoms with Crippen molar-refractivity contribution < 1.29 is 14.7 Å². The lowest BCUT2D eigenvalue weighted by molar-refractivity contribution is -0.112.